The molecule has 28 heavy (non-hydrogen) atoms. The van der Waals surface area contributed by atoms with Gasteiger partial charge in [-0.3, -0.25) is 20.0 Å². The highest BCUT2D eigenvalue weighted by atomic mass is 19.1. The predicted molar refractivity (Wildman–Crippen MR) is 102 cm³/mol. The average Bonchev–Trinajstić information content (AvgIpc) is 3.36. The van der Waals surface area contributed by atoms with Gasteiger partial charge in [0.25, 0.3) is 5.91 Å². The van der Waals surface area contributed by atoms with Crippen molar-refractivity contribution in [2.75, 3.05) is 26.3 Å². The first-order chi connectivity index (χ1) is 13.6. The van der Waals surface area contributed by atoms with Crippen LogP contribution in [0.5, 0.6) is 0 Å². The van der Waals surface area contributed by atoms with Gasteiger partial charge in [-0.05, 0) is 42.7 Å². The van der Waals surface area contributed by atoms with Crippen molar-refractivity contribution in [2.45, 2.75) is 24.9 Å². The van der Waals surface area contributed by atoms with E-state index in [0.717, 1.165) is 24.9 Å². The molecule has 2 aliphatic heterocycles. The highest BCUT2D eigenvalue weighted by Gasteiger charge is 2.28. The normalized spacial score (nSPS) is 21.6. The summed E-state index contributed by atoms with van der Waals surface area (Å²) in [6.45, 7) is 0.831. The lowest BCUT2D eigenvalue weighted by atomic mass is 10.0. The molecule has 2 heterocycles. The van der Waals surface area contributed by atoms with Crippen molar-refractivity contribution < 1.29 is 19.1 Å². The molecule has 0 aliphatic carbocycles. The van der Waals surface area contributed by atoms with E-state index in [4.69, 9.17) is 15.4 Å². The van der Waals surface area contributed by atoms with E-state index >= 15 is 0 Å². The number of halogens is 1. The predicted octanol–water partition coefficient (Wildman–Crippen LogP) is 0.906. The highest BCUT2D eigenvalue weighted by Crippen LogP contribution is 2.32. The Balaban J connectivity index is 1.54. The van der Waals surface area contributed by atoms with Crippen molar-refractivity contribution in [1.29, 1.82) is 5.41 Å². The largest absolute Gasteiger partial charge is 0.394 e. The van der Waals surface area contributed by atoms with Crippen molar-refractivity contribution in [3.8, 4) is 0 Å². The third kappa shape index (κ3) is 4.93. The number of aliphatic imine (C=N–C) groups is 1. The van der Waals surface area contributed by atoms with E-state index in [0.29, 0.717) is 11.7 Å². The van der Waals surface area contributed by atoms with Gasteiger partial charge in [0.1, 0.15) is 23.5 Å². The first-order valence-corrected chi connectivity index (χ1v) is 9.20. The molecule has 1 amide bonds. The maximum absolute atomic E-state index is 13.5. The molecule has 1 saturated heterocycles. The first-order valence-electron chi connectivity index (χ1n) is 9.20. The standard InChI is InChI=1S/C19H24FN5O3/c20-14-4-1-3-13(11-14)16-5-2-8-25(16)17(21)6-7-18-22-12-15(23-18)19(27)24-28-10-9-26/h1,3-4,6-7,11,15-16,21,26H,2,5,8-10,12H2,(H,22,23)(H,24,27)/b7-6-,21-17?/t15?,16-/m1/s1. The van der Waals surface area contributed by atoms with Crippen LogP contribution < -0.4 is 10.8 Å². The van der Waals surface area contributed by atoms with Crippen molar-refractivity contribution in [3.05, 3.63) is 47.8 Å². The van der Waals surface area contributed by atoms with Crippen molar-refractivity contribution >= 4 is 17.6 Å². The van der Waals surface area contributed by atoms with Gasteiger partial charge in [-0.1, -0.05) is 12.1 Å². The van der Waals surface area contributed by atoms with E-state index in [1.165, 1.54) is 12.1 Å². The third-order valence-electron chi connectivity index (χ3n) is 4.64. The number of likely N-dealkylation sites (tertiary alicyclic amines) is 1. The second-order valence-corrected chi connectivity index (χ2v) is 6.59. The second kappa shape index (κ2) is 9.43. The molecule has 3 rings (SSSR count). The summed E-state index contributed by atoms with van der Waals surface area (Å²) in [5, 5.41) is 20.0. The van der Waals surface area contributed by atoms with Gasteiger partial charge in [0.2, 0.25) is 0 Å². The molecule has 1 aromatic rings. The number of carbonyl (C=O) groups excluding carboxylic acids is 1. The van der Waals surface area contributed by atoms with Crippen LogP contribution in [0.3, 0.4) is 0 Å². The van der Waals surface area contributed by atoms with Crippen LogP contribution in [-0.4, -0.2) is 59.9 Å². The topological polar surface area (TPSA) is 110 Å². The van der Waals surface area contributed by atoms with Gasteiger partial charge < -0.3 is 15.3 Å². The van der Waals surface area contributed by atoms with E-state index in [-0.39, 0.29) is 37.5 Å². The molecule has 9 heteroatoms. The fourth-order valence-electron chi connectivity index (χ4n) is 3.32. The molecule has 1 unspecified atom stereocenters. The Kier molecular flexibility index (Phi) is 6.72. The van der Waals surface area contributed by atoms with Crippen LogP contribution in [0.25, 0.3) is 0 Å². The average molecular weight is 389 g/mol. The quantitative estimate of drug-likeness (QED) is 0.240. The van der Waals surface area contributed by atoms with Gasteiger partial charge in [0, 0.05) is 6.54 Å². The van der Waals surface area contributed by atoms with Gasteiger partial charge in [-0.15, -0.1) is 0 Å². The van der Waals surface area contributed by atoms with Crippen LogP contribution in [-0.2, 0) is 9.63 Å². The number of carbonyl (C=O) groups is 1. The van der Waals surface area contributed by atoms with Crippen LogP contribution >= 0.6 is 0 Å². The Morgan fingerprint density at radius 3 is 3.18 bits per heavy atom. The zero-order valence-corrected chi connectivity index (χ0v) is 15.4. The van der Waals surface area contributed by atoms with Gasteiger partial charge in [0.05, 0.1) is 25.8 Å². The summed E-state index contributed by atoms with van der Waals surface area (Å²) in [5.74, 6) is 0.175. The maximum atomic E-state index is 13.5. The Labute approximate surface area is 162 Å². The number of benzene rings is 1. The third-order valence-corrected chi connectivity index (χ3v) is 4.64. The van der Waals surface area contributed by atoms with Gasteiger partial charge >= 0.3 is 0 Å². The number of hydroxylamine groups is 1. The summed E-state index contributed by atoms with van der Waals surface area (Å²) >= 11 is 0. The summed E-state index contributed by atoms with van der Waals surface area (Å²) < 4.78 is 13.5. The fraction of sp³-hybridized carbons (Fsp3) is 0.421. The number of nitrogens with zero attached hydrogens (tertiary/aromatic N) is 2. The zero-order valence-electron chi connectivity index (χ0n) is 15.4. The number of aliphatic hydroxyl groups excluding tert-OH is 1. The van der Waals surface area contributed by atoms with Crippen molar-refractivity contribution in [3.63, 3.8) is 0 Å². The Bertz CT molecular complexity index is 783. The summed E-state index contributed by atoms with van der Waals surface area (Å²) in [5.41, 5.74) is 3.11. The molecule has 0 spiro atoms. The summed E-state index contributed by atoms with van der Waals surface area (Å²) in [7, 11) is 0. The smallest absolute Gasteiger partial charge is 0.267 e. The molecule has 2 atom stereocenters. The molecule has 150 valence electrons. The van der Waals surface area contributed by atoms with E-state index in [9.17, 15) is 9.18 Å². The van der Waals surface area contributed by atoms with Crippen LogP contribution in [0.2, 0.25) is 0 Å². The van der Waals surface area contributed by atoms with Crippen LogP contribution in [0, 0.1) is 11.2 Å². The molecule has 8 nitrogen and oxygen atoms in total. The fourth-order valence-corrected chi connectivity index (χ4v) is 3.32. The summed E-state index contributed by atoms with van der Waals surface area (Å²) in [6, 6.07) is 5.93. The number of hydrogen-bond donors (Lipinski definition) is 4. The highest BCUT2D eigenvalue weighted by molar-refractivity contribution is 6.03. The Hall–Kier alpha value is -2.78. The maximum Gasteiger partial charge on any atom is 0.267 e. The van der Waals surface area contributed by atoms with E-state index in [2.05, 4.69) is 15.8 Å². The molecule has 0 radical (unpaired) electrons. The minimum atomic E-state index is -0.556. The lowest BCUT2D eigenvalue weighted by molar-refractivity contribution is -0.135. The second-order valence-electron chi connectivity index (χ2n) is 6.59. The van der Waals surface area contributed by atoms with Crippen molar-refractivity contribution in [1.82, 2.24) is 15.7 Å². The number of aliphatic hydroxyl groups is 1. The molecule has 4 N–H and O–H groups in total. The summed E-state index contributed by atoms with van der Waals surface area (Å²) in [4.78, 5) is 22.9. The zero-order chi connectivity index (χ0) is 19.9. The van der Waals surface area contributed by atoms with Gasteiger partial charge in [0.15, 0.2) is 0 Å². The van der Waals surface area contributed by atoms with Crippen LogP contribution in [0.15, 0.2) is 41.4 Å². The molecular formula is C19H24FN5O3. The van der Waals surface area contributed by atoms with Crippen LogP contribution in [0.4, 0.5) is 4.39 Å². The number of amides is 1. The Morgan fingerprint density at radius 2 is 2.39 bits per heavy atom. The molecule has 1 fully saturated rings. The molecule has 0 aromatic heterocycles. The number of rotatable bonds is 7. The molecular weight excluding hydrogens is 365 g/mol. The Morgan fingerprint density at radius 1 is 1.54 bits per heavy atom. The van der Waals surface area contributed by atoms with Crippen molar-refractivity contribution in [2.24, 2.45) is 4.99 Å². The minimum absolute atomic E-state index is 0.0194. The summed E-state index contributed by atoms with van der Waals surface area (Å²) in [6.07, 6.45) is 5.10. The molecule has 1 aromatic carbocycles. The minimum Gasteiger partial charge on any atom is -0.394 e. The monoisotopic (exact) mass is 389 g/mol. The number of amidine groups is 2. The number of nitrogens with one attached hydrogen (secondary N) is 3. The molecule has 0 saturated carbocycles. The number of hydrogen-bond acceptors (Lipinski definition) is 6. The van der Waals surface area contributed by atoms with E-state index < -0.39 is 6.04 Å². The lowest BCUT2D eigenvalue weighted by Crippen LogP contribution is -2.44. The molecule has 2 aliphatic rings. The molecule has 0 bridgehead atoms. The van der Waals surface area contributed by atoms with E-state index in [1.54, 1.807) is 18.2 Å². The van der Waals surface area contributed by atoms with E-state index in [1.807, 2.05) is 11.0 Å². The van der Waals surface area contributed by atoms with Gasteiger partial charge in [-0.2, -0.15) is 0 Å². The van der Waals surface area contributed by atoms with Crippen LogP contribution in [0.1, 0.15) is 24.4 Å². The lowest BCUT2D eigenvalue weighted by Gasteiger charge is -2.26. The SMILES string of the molecule is N=C(/C=C\C1=NCC(C(=O)NOCCO)N1)N1CCC[C@@H]1c1cccc(F)c1. The first kappa shape index (κ1) is 20.0. The van der Waals surface area contributed by atoms with Gasteiger partial charge in [-0.25, -0.2) is 9.87 Å².